The Labute approximate surface area is 242 Å². The number of carbonyl (C=O) groups is 2. The Balaban J connectivity index is 1.26. The van der Waals surface area contributed by atoms with E-state index in [9.17, 15) is 9.59 Å². The van der Waals surface area contributed by atoms with Crippen LogP contribution in [0.5, 0.6) is 23.0 Å². The Hall–Kier alpha value is -5.09. The molecular formula is C31H22BrN3O6. The Bertz CT molecular complexity index is 1820. The molecule has 5 aromatic rings. The molecule has 0 bridgehead atoms. The number of methoxy groups -OCH3 is 1. The van der Waals surface area contributed by atoms with Crippen LogP contribution in [0.25, 0.3) is 22.0 Å². The predicted molar refractivity (Wildman–Crippen MR) is 157 cm³/mol. The maximum Gasteiger partial charge on any atom is 0.343 e. The first-order chi connectivity index (χ1) is 20.0. The lowest BCUT2D eigenvalue weighted by Gasteiger charge is -2.09. The predicted octanol–water partition coefficient (Wildman–Crippen LogP) is 6.32. The number of hydrogen-bond donors (Lipinski definition) is 2. The molecule has 0 saturated heterocycles. The molecule has 0 unspecified atom stereocenters. The number of hydrogen-bond acceptors (Lipinski definition) is 7. The third kappa shape index (κ3) is 5.24. The van der Waals surface area contributed by atoms with Gasteiger partial charge in [-0.15, -0.1) is 0 Å². The molecule has 0 radical (unpaired) electrons. The van der Waals surface area contributed by atoms with E-state index in [1.165, 1.54) is 6.21 Å². The summed E-state index contributed by atoms with van der Waals surface area (Å²) in [6.45, 7) is 0.103. The fourth-order valence-corrected chi connectivity index (χ4v) is 4.93. The van der Waals surface area contributed by atoms with E-state index in [2.05, 4.69) is 31.4 Å². The highest BCUT2D eigenvalue weighted by atomic mass is 79.9. The highest BCUT2D eigenvalue weighted by Gasteiger charge is 2.21. The molecule has 10 heteroatoms. The van der Waals surface area contributed by atoms with Crippen molar-refractivity contribution in [3.05, 3.63) is 106 Å². The maximum atomic E-state index is 13.4. The standard InChI is InChI=1S/C31H22BrN3O6/c1-38-25-9-5-8-22-27(18-6-3-2-4-7-18)29(34-28(22)25)30(36)35-33-16-20-14-21(32)11-13-23(20)41-31(37)19-10-12-24-26(15-19)40-17-39-24/h2-16,34H,17H2,1H3,(H,35,36). The number of ether oxygens (including phenoxy) is 4. The second-order valence-electron chi connectivity index (χ2n) is 8.96. The van der Waals surface area contributed by atoms with Gasteiger partial charge < -0.3 is 23.9 Å². The summed E-state index contributed by atoms with van der Waals surface area (Å²) in [6.07, 6.45) is 1.41. The Morgan fingerprint density at radius 1 is 0.951 bits per heavy atom. The van der Waals surface area contributed by atoms with Gasteiger partial charge in [-0.2, -0.15) is 5.10 Å². The number of carbonyl (C=O) groups excluding carboxylic acids is 2. The monoisotopic (exact) mass is 611 g/mol. The van der Waals surface area contributed by atoms with Crippen LogP contribution in [0, 0.1) is 0 Å². The van der Waals surface area contributed by atoms with Gasteiger partial charge in [0, 0.05) is 21.0 Å². The number of nitrogens with zero attached hydrogens (tertiary/aromatic N) is 1. The van der Waals surface area contributed by atoms with Crippen LogP contribution in [0.3, 0.4) is 0 Å². The number of para-hydroxylation sites is 1. The Morgan fingerprint density at radius 3 is 2.61 bits per heavy atom. The average molecular weight is 612 g/mol. The van der Waals surface area contributed by atoms with Crippen molar-refractivity contribution in [2.45, 2.75) is 0 Å². The fraction of sp³-hybridized carbons (Fsp3) is 0.0645. The molecule has 0 saturated carbocycles. The second kappa shape index (κ2) is 11.2. The SMILES string of the molecule is COc1cccc2c(-c3ccccc3)c(C(=O)NN=Cc3cc(Br)ccc3OC(=O)c3ccc4c(c3)OCO4)[nH]c12. The molecule has 1 aliphatic rings. The quantitative estimate of drug-likeness (QED) is 0.0964. The molecule has 1 aromatic heterocycles. The smallest absolute Gasteiger partial charge is 0.343 e. The van der Waals surface area contributed by atoms with Crippen LogP contribution >= 0.6 is 15.9 Å². The lowest BCUT2D eigenvalue weighted by molar-refractivity contribution is 0.0733. The van der Waals surface area contributed by atoms with Crippen LogP contribution in [-0.2, 0) is 0 Å². The zero-order chi connectivity index (χ0) is 28.3. The Kier molecular flexibility index (Phi) is 7.13. The fourth-order valence-electron chi connectivity index (χ4n) is 4.55. The van der Waals surface area contributed by atoms with Crippen molar-refractivity contribution in [1.29, 1.82) is 0 Å². The first-order valence-corrected chi connectivity index (χ1v) is 13.3. The third-order valence-electron chi connectivity index (χ3n) is 6.46. The van der Waals surface area contributed by atoms with Crippen molar-refractivity contribution < 1.29 is 28.5 Å². The minimum atomic E-state index is -0.580. The minimum absolute atomic E-state index is 0.103. The summed E-state index contributed by atoms with van der Waals surface area (Å²) < 4.78 is 22.6. The molecular weight excluding hydrogens is 590 g/mol. The normalized spacial score (nSPS) is 12.0. The summed E-state index contributed by atoms with van der Waals surface area (Å²) >= 11 is 3.43. The number of aromatic nitrogens is 1. The average Bonchev–Trinajstić information content (AvgIpc) is 3.63. The lowest BCUT2D eigenvalue weighted by atomic mass is 10.0. The molecule has 41 heavy (non-hydrogen) atoms. The summed E-state index contributed by atoms with van der Waals surface area (Å²) in [4.78, 5) is 29.5. The first kappa shape index (κ1) is 26.1. The lowest BCUT2D eigenvalue weighted by Crippen LogP contribution is -2.19. The zero-order valence-electron chi connectivity index (χ0n) is 21.6. The Morgan fingerprint density at radius 2 is 1.78 bits per heavy atom. The molecule has 2 heterocycles. The topological polar surface area (TPSA) is 111 Å². The van der Waals surface area contributed by atoms with Crippen LogP contribution < -0.4 is 24.4 Å². The van der Waals surface area contributed by atoms with Gasteiger partial charge in [0.15, 0.2) is 11.5 Å². The molecule has 9 nitrogen and oxygen atoms in total. The number of H-pyrrole nitrogens is 1. The van der Waals surface area contributed by atoms with Crippen molar-refractivity contribution >= 4 is 44.9 Å². The van der Waals surface area contributed by atoms with Crippen LogP contribution in [0.4, 0.5) is 0 Å². The number of aromatic amines is 1. The molecule has 0 atom stereocenters. The van der Waals surface area contributed by atoms with Gasteiger partial charge in [-0.05, 0) is 48.0 Å². The highest BCUT2D eigenvalue weighted by Crippen LogP contribution is 2.37. The number of rotatable bonds is 7. The summed E-state index contributed by atoms with van der Waals surface area (Å²) in [5.74, 6) is 0.886. The number of hydrazone groups is 1. The van der Waals surface area contributed by atoms with Gasteiger partial charge in [0.05, 0.1) is 24.4 Å². The van der Waals surface area contributed by atoms with E-state index in [1.807, 2.05) is 48.5 Å². The van der Waals surface area contributed by atoms with Crippen molar-refractivity contribution in [3.63, 3.8) is 0 Å². The van der Waals surface area contributed by atoms with Gasteiger partial charge in [-0.1, -0.05) is 58.4 Å². The molecule has 204 valence electrons. The van der Waals surface area contributed by atoms with Gasteiger partial charge in [0.25, 0.3) is 5.91 Å². The minimum Gasteiger partial charge on any atom is -0.495 e. The van der Waals surface area contributed by atoms with Crippen molar-refractivity contribution in [1.82, 2.24) is 10.4 Å². The van der Waals surface area contributed by atoms with Crippen molar-refractivity contribution in [2.75, 3.05) is 13.9 Å². The number of halogens is 1. The number of esters is 1. The van der Waals surface area contributed by atoms with Crippen molar-refractivity contribution in [3.8, 4) is 34.1 Å². The summed E-state index contributed by atoms with van der Waals surface area (Å²) in [5.41, 5.74) is 5.99. The number of nitrogens with one attached hydrogen (secondary N) is 2. The number of benzene rings is 4. The molecule has 4 aromatic carbocycles. The van der Waals surface area contributed by atoms with E-state index in [4.69, 9.17) is 18.9 Å². The van der Waals surface area contributed by atoms with E-state index < -0.39 is 11.9 Å². The second-order valence-corrected chi connectivity index (χ2v) is 9.88. The van der Waals surface area contributed by atoms with Crippen LogP contribution in [0.15, 0.2) is 94.5 Å². The molecule has 2 N–H and O–H groups in total. The van der Waals surface area contributed by atoms with Crippen molar-refractivity contribution in [2.24, 2.45) is 5.10 Å². The molecule has 0 spiro atoms. The van der Waals surface area contributed by atoms with Gasteiger partial charge in [0.1, 0.15) is 17.2 Å². The summed E-state index contributed by atoms with van der Waals surface area (Å²) in [6, 6.07) is 25.2. The van der Waals surface area contributed by atoms with E-state index in [0.717, 1.165) is 21.0 Å². The van der Waals surface area contributed by atoms with Crippen LogP contribution in [0.1, 0.15) is 26.4 Å². The maximum absolute atomic E-state index is 13.4. The third-order valence-corrected chi connectivity index (χ3v) is 6.95. The van der Waals surface area contributed by atoms with Gasteiger partial charge in [-0.25, -0.2) is 10.2 Å². The van der Waals surface area contributed by atoms with Gasteiger partial charge >= 0.3 is 5.97 Å². The van der Waals surface area contributed by atoms with Gasteiger partial charge in [-0.3, -0.25) is 4.79 Å². The molecule has 0 fully saturated rings. The van der Waals surface area contributed by atoms with E-state index in [-0.39, 0.29) is 12.5 Å². The molecule has 1 aliphatic heterocycles. The number of fused-ring (bicyclic) bond motifs is 2. The molecule has 6 rings (SSSR count). The highest BCUT2D eigenvalue weighted by molar-refractivity contribution is 9.10. The van der Waals surface area contributed by atoms with E-state index in [0.29, 0.717) is 39.6 Å². The molecule has 1 amide bonds. The van der Waals surface area contributed by atoms with E-state index >= 15 is 0 Å². The molecule has 0 aliphatic carbocycles. The largest absolute Gasteiger partial charge is 0.495 e. The van der Waals surface area contributed by atoms with Gasteiger partial charge in [0.2, 0.25) is 6.79 Å². The summed E-state index contributed by atoms with van der Waals surface area (Å²) in [7, 11) is 1.58. The van der Waals surface area contributed by atoms with E-state index in [1.54, 1.807) is 43.5 Å². The van der Waals surface area contributed by atoms with Crippen LogP contribution in [-0.4, -0.2) is 37.0 Å². The van der Waals surface area contributed by atoms with Crippen LogP contribution in [0.2, 0.25) is 0 Å². The first-order valence-electron chi connectivity index (χ1n) is 12.5. The summed E-state index contributed by atoms with van der Waals surface area (Å²) in [5, 5.41) is 5.01. The number of amides is 1. The zero-order valence-corrected chi connectivity index (χ0v) is 23.2.